The van der Waals surface area contributed by atoms with Crippen LogP contribution in [0.2, 0.25) is 0 Å². The van der Waals surface area contributed by atoms with Gasteiger partial charge in [-0.05, 0) is 112 Å². The Morgan fingerprint density at radius 3 is 2.45 bits per heavy atom. The molecule has 2 saturated heterocycles. The summed E-state index contributed by atoms with van der Waals surface area (Å²) in [7, 11) is 0. The van der Waals surface area contributed by atoms with Gasteiger partial charge in [0.2, 0.25) is 5.91 Å². The van der Waals surface area contributed by atoms with Crippen molar-refractivity contribution >= 4 is 28.2 Å². The molecule has 0 unspecified atom stereocenters. The fraction of sp³-hybridized carbons (Fsp3) is 0.553. The Morgan fingerprint density at radius 2 is 1.73 bits per heavy atom. The van der Waals surface area contributed by atoms with Gasteiger partial charge in [0.15, 0.2) is 0 Å². The number of amides is 2. The van der Waals surface area contributed by atoms with E-state index in [4.69, 9.17) is 10.8 Å². The van der Waals surface area contributed by atoms with Gasteiger partial charge in [0.1, 0.15) is 17.7 Å². The van der Waals surface area contributed by atoms with Crippen LogP contribution in [0.25, 0.3) is 27.8 Å². The van der Waals surface area contributed by atoms with Crippen molar-refractivity contribution in [1.82, 2.24) is 24.0 Å². The average Bonchev–Trinajstić information content (AvgIpc) is 3.76. The SMILES string of the molecule is Cc1c(-c2cc3cc(F)cc(C4CCN(C(=O)[C@H]5CC[C@@H](O)CC5)CC4)c3n2CC2CC2)nn2cc(C(=O)N3C[C@H](N)C[C@@H](F)C3)ccc12. The van der Waals surface area contributed by atoms with E-state index in [1.807, 2.05) is 17.9 Å². The molecule has 1 aromatic carbocycles. The fourth-order valence-corrected chi connectivity index (χ4v) is 8.62. The molecule has 4 fully saturated rings. The van der Waals surface area contributed by atoms with Gasteiger partial charge in [-0.25, -0.2) is 13.3 Å². The van der Waals surface area contributed by atoms with Crippen LogP contribution < -0.4 is 5.73 Å². The monoisotopic (exact) mass is 672 g/mol. The first kappa shape index (κ1) is 32.4. The van der Waals surface area contributed by atoms with Crippen molar-refractivity contribution in [2.45, 2.75) is 95.5 Å². The van der Waals surface area contributed by atoms with Gasteiger partial charge in [-0.1, -0.05) is 0 Å². The van der Waals surface area contributed by atoms with Crippen LogP contribution in [0.4, 0.5) is 8.78 Å². The van der Waals surface area contributed by atoms with Gasteiger partial charge in [-0.3, -0.25) is 9.59 Å². The zero-order valence-electron chi connectivity index (χ0n) is 28.2. The topological polar surface area (TPSA) is 109 Å². The number of nitrogens with zero attached hydrogens (tertiary/aromatic N) is 5. The highest BCUT2D eigenvalue weighted by molar-refractivity contribution is 5.95. The number of aromatic nitrogens is 3. The number of fused-ring (bicyclic) bond motifs is 2. The van der Waals surface area contributed by atoms with Crippen molar-refractivity contribution in [3.63, 3.8) is 0 Å². The smallest absolute Gasteiger partial charge is 0.255 e. The molecule has 2 atom stereocenters. The number of nitrogens with two attached hydrogens (primary N) is 1. The minimum Gasteiger partial charge on any atom is -0.393 e. The number of halogens is 2. The second-order valence-corrected chi connectivity index (χ2v) is 15.1. The zero-order chi connectivity index (χ0) is 34.0. The van der Waals surface area contributed by atoms with Gasteiger partial charge in [-0.2, -0.15) is 5.10 Å². The molecule has 5 heterocycles. The number of carbonyl (C=O) groups excluding carboxylic acids is 2. The standard InChI is InChI=1S/C38H46F2N6O3/c1-22-33-9-6-26(38(49)44-20-29(40)16-30(41)21-44)19-46(33)42-35(22)34-15-27-14-28(39)17-32(36(27)45(34)18-23-2-3-23)24-10-12-43(13-11-24)37(48)25-4-7-31(47)8-5-25/h6,9,14-15,17,19,23-25,29-31,47H,2-5,7-8,10-13,16,18,20-21,41H2,1H3/t25-,29-,30-,31+/m1/s1. The maximum absolute atomic E-state index is 15.3. The molecule has 8 rings (SSSR count). The van der Waals surface area contributed by atoms with Gasteiger partial charge in [0.05, 0.1) is 34.9 Å². The number of likely N-dealkylation sites (tertiary alicyclic amines) is 2. The van der Waals surface area contributed by atoms with Crippen molar-refractivity contribution in [3.8, 4) is 11.4 Å². The normalized spacial score (nSPS) is 25.4. The summed E-state index contributed by atoms with van der Waals surface area (Å²) in [5.74, 6) is 0.346. The molecule has 2 aliphatic carbocycles. The van der Waals surface area contributed by atoms with Gasteiger partial charge in [0.25, 0.3) is 5.91 Å². The summed E-state index contributed by atoms with van der Waals surface area (Å²) in [6.45, 7) is 4.50. The molecule has 11 heteroatoms. The molecule has 0 radical (unpaired) electrons. The van der Waals surface area contributed by atoms with E-state index in [9.17, 15) is 19.1 Å². The number of piperidine rings is 2. The van der Waals surface area contributed by atoms with Crippen LogP contribution >= 0.6 is 0 Å². The summed E-state index contributed by atoms with van der Waals surface area (Å²) >= 11 is 0. The molecule has 3 aromatic heterocycles. The molecule has 0 bridgehead atoms. The van der Waals surface area contributed by atoms with Crippen molar-refractivity contribution in [2.24, 2.45) is 17.6 Å². The highest BCUT2D eigenvalue weighted by Gasteiger charge is 2.34. The summed E-state index contributed by atoms with van der Waals surface area (Å²) in [5, 5.41) is 15.7. The first-order valence-electron chi connectivity index (χ1n) is 18.1. The first-order chi connectivity index (χ1) is 23.6. The maximum Gasteiger partial charge on any atom is 0.255 e. The van der Waals surface area contributed by atoms with Gasteiger partial charge < -0.3 is 25.2 Å². The van der Waals surface area contributed by atoms with Gasteiger partial charge >= 0.3 is 0 Å². The fourth-order valence-electron chi connectivity index (χ4n) is 8.62. The van der Waals surface area contributed by atoms with E-state index in [1.165, 1.54) is 4.90 Å². The number of carbonyl (C=O) groups is 2. The number of rotatable bonds is 6. The van der Waals surface area contributed by atoms with Crippen molar-refractivity contribution in [2.75, 3.05) is 26.2 Å². The number of pyridine rings is 1. The van der Waals surface area contributed by atoms with Crippen LogP contribution in [-0.2, 0) is 11.3 Å². The molecule has 0 spiro atoms. The van der Waals surface area contributed by atoms with Gasteiger partial charge in [-0.15, -0.1) is 0 Å². The lowest BCUT2D eigenvalue weighted by Gasteiger charge is -2.36. The number of benzene rings is 1. The number of aryl methyl sites for hydroxylation is 1. The highest BCUT2D eigenvalue weighted by atomic mass is 19.1. The molecule has 2 amide bonds. The molecular formula is C38H46F2N6O3. The van der Waals surface area contributed by atoms with Crippen LogP contribution in [0.1, 0.15) is 85.2 Å². The van der Waals surface area contributed by atoms with E-state index in [-0.39, 0.29) is 54.6 Å². The van der Waals surface area contributed by atoms with Crippen LogP contribution in [0.3, 0.4) is 0 Å². The molecule has 4 aromatic rings. The summed E-state index contributed by atoms with van der Waals surface area (Å²) in [5.41, 5.74) is 12.0. The molecule has 9 nitrogen and oxygen atoms in total. The van der Waals surface area contributed by atoms with E-state index in [2.05, 4.69) is 10.6 Å². The number of alkyl halides is 1. The van der Waals surface area contributed by atoms with E-state index in [1.54, 1.807) is 28.9 Å². The average molecular weight is 673 g/mol. The lowest BCUT2D eigenvalue weighted by Crippen LogP contribution is -2.50. The largest absolute Gasteiger partial charge is 0.393 e. The van der Waals surface area contributed by atoms with Crippen LogP contribution in [0.5, 0.6) is 0 Å². The summed E-state index contributed by atoms with van der Waals surface area (Å²) in [4.78, 5) is 30.1. The third-order valence-electron chi connectivity index (χ3n) is 11.5. The molecular weight excluding hydrogens is 626 g/mol. The maximum atomic E-state index is 15.3. The number of hydrogen-bond donors (Lipinski definition) is 2. The Morgan fingerprint density at radius 1 is 0.980 bits per heavy atom. The lowest BCUT2D eigenvalue weighted by atomic mass is 9.84. The Bertz CT molecular complexity index is 1890. The van der Waals surface area contributed by atoms with Crippen molar-refractivity contribution in [1.29, 1.82) is 0 Å². The Balaban J connectivity index is 1.11. The number of hydrogen-bond acceptors (Lipinski definition) is 5. The van der Waals surface area contributed by atoms with E-state index >= 15 is 4.39 Å². The summed E-state index contributed by atoms with van der Waals surface area (Å²) < 4.78 is 33.6. The van der Waals surface area contributed by atoms with Crippen LogP contribution in [-0.4, -0.2) is 85.4 Å². The third-order valence-corrected chi connectivity index (χ3v) is 11.5. The van der Waals surface area contributed by atoms with Gasteiger partial charge in [0, 0.05) is 55.3 Å². The Labute approximate surface area is 285 Å². The van der Waals surface area contributed by atoms with E-state index < -0.39 is 6.17 Å². The zero-order valence-corrected chi connectivity index (χ0v) is 28.2. The molecule has 4 aliphatic rings. The van der Waals surface area contributed by atoms with Crippen LogP contribution in [0, 0.1) is 24.6 Å². The third kappa shape index (κ3) is 6.24. The lowest BCUT2D eigenvalue weighted by molar-refractivity contribution is -0.138. The van der Waals surface area contributed by atoms with Crippen molar-refractivity contribution in [3.05, 3.63) is 59.0 Å². The number of aliphatic hydroxyl groups excluding tert-OH is 1. The molecule has 2 aliphatic heterocycles. The molecule has 260 valence electrons. The molecule has 3 N–H and O–H groups in total. The minimum atomic E-state index is -1.13. The van der Waals surface area contributed by atoms with Crippen LogP contribution in [0.15, 0.2) is 36.5 Å². The highest BCUT2D eigenvalue weighted by Crippen LogP contribution is 2.42. The predicted octanol–water partition coefficient (Wildman–Crippen LogP) is 5.58. The summed E-state index contributed by atoms with van der Waals surface area (Å²) in [6, 6.07) is 8.64. The molecule has 49 heavy (non-hydrogen) atoms. The predicted molar refractivity (Wildman–Crippen MR) is 183 cm³/mol. The first-order valence-corrected chi connectivity index (χ1v) is 18.1. The quantitative estimate of drug-likeness (QED) is 0.278. The summed E-state index contributed by atoms with van der Waals surface area (Å²) in [6.07, 6.45) is 7.29. The number of aliphatic hydroxyl groups is 1. The second kappa shape index (κ2) is 12.8. The van der Waals surface area contributed by atoms with E-state index in [0.29, 0.717) is 44.0 Å². The Hall–Kier alpha value is -3.83. The minimum absolute atomic E-state index is 0.00686. The Kier molecular flexibility index (Phi) is 8.46. The second-order valence-electron chi connectivity index (χ2n) is 15.1. The van der Waals surface area contributed by atoms with E-state index in [0.717, 1.165) is 84.0 Å². The van der Waals surface area contributed by atoms with Crippen molar-refractivity contribution < 1.29 is 23.5 Å². The molecule has 2 saturated carbocycles.